The lowest BCUT2D eigenvalue weighted by Gasteiger charge is -2.33. The maximum absolute atomic E-state index is 12.6. The van der Waals surface area contributed by atoms with Crippen LogP contribution in [0.4, 0.5) is 0 Å². The molecular weight excluding hydrogens is 312 g/mol. The van der Waals surface area contributed by atoms with E-state index in [2.05, 4.69) is 9.62 Å². The molecular formula is C17H26N2O3S. The Hall–Kier alpha value is -1.11. The van der Waals surface area contributed by atoms with E-state index in [-0.39, 0.29) is 17.0 Å². The first-order chi connectivity index (χ1) is 11.0. The Morgan fingerprint density at radius 2 is 1.78 bits per heavy atom. The number of nitrogens with one attached hydrogen (secondary N) is 1. The number of phenols is 1. The van der Waals surface area contributed by atoms with Crippen LogP contribution in [0, 0.1) is 0 Å². The number of piperidine rings is 1. The van der Waals surface area contributed by atoms with Crippen molar-refractivity contribution in [3.63, 3.8) is 0 Å². The molecule has 2 fully saturated rings. The zero-order valence-corrected chi connectivity index (χ0v) is 14.3. The van der Waals surface area contributed by atoms with E-state index in [9.17, 15) is 13.5 Å². The lowest BCUT2D eigenvalue weighted by atomic mass is 10.1. The molecule has 1 atom stereocenters. The van der Waals surface area contributed by atoms with Crippen LogP contribution >= 0.6 is 0 Å². The largest absolute Gasteiger partial charge is 0.508 e. The maximum atomic E-state index is 12.6. The average molecular weight is 338 g/mol. The Bertz CT molecular complexity index is 609. The number of hydrogen-bond donors (Lipinski definition) is 2. The van der Waals surface area contributed by atoms with Gasteiger partial charge in [-0.05, 0) is 49.9 Å². The van der Waals surface area contributed by atoms with E-state index in [0.717, 1.165) is 57.2 Å². The predicted molar refractivity (Wildman–Crippen MR) is 90.7 cm³/mol. The van der Waals surface area contributed by atoms with Gasteiger partial charge < -0.3 is 5.11 Å². The Labute approximate surface area is 138 Å². The summed E-state index contributed by atoms with van der Waals surface area (Å²) >= 11 is 0. The van der Waals surface area contributed by atoms with Gasteiger partial charge in [-0.15, -0.1) is 0 Å². The molecule has 1 aromatic carbocycles. The third-order valence-corrected chi connectivity index (χ3v) is 6.85. The third-order valence-electron chi connectivity index (χ3n) is 4.93. The molecule has 23 heavy (non-hydrogen) atoms. The number of hydrogen-bond acceptors (Lipinski definition) is 4. The zero-order chi connectivity index (χ0) is 16.3. The highest BCUT2D eigenvalue weighted by Gasteiger charge is 2.32. The summed E-state index contributed by atoms with van der Waals surface area (Å²) in [5, 5.41) is 9.03. The Balaban J connectivity index is 1.59. The zero-order valence-electron chi connectivity index (χ0n) is 13.4. The molecule has 0 radical (unpaired) electrons. The Morgan fingerprint density at radius 3 is 2.48 bits per heavy atom. The average Bonchev–Trinajstić information content (AvgIpc) is 3.02. The quantitative estimate of drug-likeness (QED) is 0.864. The molecule has 1 aliphatic heterocycles. The van der Waals surface area contributed by atoms with E-state index in [1.807, 2.05) is 12.1 Å². The van der Waals surface area contributed by atoms with Gasteiger partial charge in [0.1, 0.15) is 5.75 Å². The van der Waals surface area contributed by atoms with Crippen molar-refractivity contribution < 1.29 is 13.5 Å². The van der Waals surface area contributed by atoms with Crippen LogP contribution in [0.1, 0.15) is 44.1 Å². The van der Waals surface area contributed by atoms with Crippen LogP contribution in [0.5, 0.6) is 5.75 Å². The van der Waals surface area contributed by atoms with Gasteiger partial charge in [0.25, 0.3) is 0 Å². The van der Waals surface area contributed by atoms with Gasteiger partial charge in [-0.25, -0.2) is 13.1 Å². The first-order valence-corrected chi connectivity index (χ1v) is 10.1. The van der Waals surface area contributed by atoms with Crippen molar-refractivity contribution in [1.82, 2.24) is 9.62 Å². The van der Waals surface area contributed by atoms with Crippen LogP contribution in [0.15, 0.2) is 24.3 Å². The minimum atomic E-state index is -3.23. The molecule has 0 unspecified atom stereocenters. The van der Waals surface area contributed by atoms with Crippen LogP contribution in [0.3, 0.4) is 0 Å². The third kappa shape index (κ3) is 4.46. The predicted octanol–water partition coefficient (Wildman–Crippen LogP) is 2.22. The number of sulfonamides is 1. The molecule has 2 aliphatic rings. The van der Waals surface area contributed by atoms with Gasteiger partial charge in [-0.1, -0.05) is 25.0 Å². The van der Waals surface area contributed by atoms with E-state index < -0.39 is 10.0 Å². The van der Waals surface area contributed by atoms with Crippen LogP contribution in [-0.2, 0) is 16.6 Å². The summed E-state index contributed by atoms with van der Waals surface area (Å²) < 4.78 is 28.2. The number of rotatable bonds is 5. The van der Waals surface area contributed by atoms with Crippen LogP contribution < -0.4 is 4.72 Å². The monoisotopic (exact) mass is 338 g/mol. The van der Waals surface area contributed by atoms with Gasteiger partial charge >= 0.3 is 0 Å². The molecule has 1 heterocycles. The number of benzene rings is 1. The summed E-state index contributed by atoms with van der Waals surface area (Å²) in [5.74, 6) is 0.258. The lowest BCUT2D eigenvalue weighted by Crippen LogP contribution is -2.48. The second-order valence-electron chi connectivity index (χ2n) is 6.81. The fraction of sp³-hybridized carbons (Fsp3) is 0.647. The van der Waals surface area contributed by atoms with Gasteiger partial charge in [0.2, 0.25) is 10.0 Å². The van der Waals surface area contributed by atoms with Crippen LogP contribution in [0.2, 0.25) is 0 Å². The molecule has 1 saturated carbocycles. The first-order valence-electron chi connectivity index (χ1n) is 8.54. The van der Waals surface area contributed by atoms with Gasteiger partial charge in [0.15, 0.2) is 0 Å². The van der Waals surface area contributed by atoms with E-state index >= 15 is 0 Å². The topological polar surface area (TPSA) is 69.6 Å². The molecule has 0 amide bonds. The molecule has 1 saturated heterocycles. The number of likely N-dealkylation sites (tertiary alicyclic amines) is 1. The lowest BCUT2D eigenvalue weighted by molar-refractivity contribution is 0.221. The molecule has 0 spiro atoms. The highest BCUT2D eigenvalue weighted by molar-refractivity contribution is 7.90. The second-order valence-corrected chi connectivity index (χ2v) is 8.80. The van der Waals surface area contributed by atoms with Crippen LogP contribution in [0.25, 0.3) is 0 Å². The summed E-state index contributed by atoms with van der Waals surface area (Å²) in [6, 6.07) is 7.28. The molecule has 1 aromatic rings. The van der Waals surface area contributed by atoms with Crippen molar-refractivity contribution in [1.29, 1.82) is 0 Å². The van der Waals surface area contributed by atoms with Crippen molar-refractivity contribution in [2.45, 2.75) is 56.4 Å². The summed E-state index contributed by atoms with van der Waals surface area (Å²) in [6.07, 6.45) is 5.87. The minimum absolute atomic E-state index is 0.146. The molecule has 5 nitrogen and oxygen atoms in total. The van der Waals surface area contributed by atoms with Crippen molar-refractivity contribution in [2.24, 2.45) is 0 Å². The van der Waals surface area contributed by atoms with E-state index in [1.165, 1.54) is 0 Å². The molecule has 1 aliphatic carbocycles. The van der Waals surface area contributed by atoms with E-state index in [0.29, 0.717) is 6.54 Å². The number of nitrogens with zero attached hydrogens (tertiary/aromatic N) is 1. The molecule has 2 N–H and O–H groups in total. The van der Waals surface area contributed by atoms with Crippen molar-refractivity contribution in [3.8, 4) is 5.75 Å². The van der Waals surface area contributed by atoms with Gasteiger partial charge in [-0.3, -0.25) is 4.90 Å². The fourth-order valence-corrected chi connectivity index (χ4v) is 5.42. The summed E-state index contributed by atoms with van der Waals surface area (Å²) in [6.45, 7) is 2.25. The summed E-state index contributed by atoms with van der Waals surface area (Å²) in [7, 11) is -3.23. The normalized spacial score (nSPS) is 24.1. The molecule has 128 valence electrons. The molecule has 0 aromatic heterocycles. The van der Waals surface area contributed by atoms with E-state index in [1.54, 1.807) is 12.1 Å². The molecule has 3 rings (SSSR count). The fourth-order valence-electron chi connectivity index (χ4n) is 3.64. The van der Waals surface area contributed by atoms with Crippen molar-refractivity contribution in [3.05, 3.63) is 29.8 Å². The minimum Gasteiger partial charge on any atom is -0.508 e. The van der Waals surface area contributed by atoms with Gasteiger partial charge in [-0.2, -0.15) is 0 Å². The van der Waals surface area contributed by atoms with Gasteiger partial charge in [0, 0.05) is 19.1 Å². The van der Waals surface area contributed by atoms with Crippen LogP contribution in [-0.4, -0.2) is 42.8 Å². The highest BCUT2D eigenvalue weighted by Crippen LogP contribution is 2.23. The first kappa shape index (κ1) is 16.7. The van der Waals surface area contributed by atoms with Crippen molar-refractivity contribution >= 4 is 10.0 Å². The Kier molecular flexibility index (Phi) is 5.24. The molecule has 6 heteroatoms. The van der Waals surface area contributed by atoms with E-state index in [4.69, 9.17) is 0 Å². The Morgan fingerprint density at radius 1 is 1.09 bits per heavy atom. The summed E-state index contributed by atoms with van der Waals surface area (Å²) in [4.78, 5) is 2.20. The maximum Gasteiger partial charge on any atom is 0.215 e. The number of phenolic OH excluding ortho intramolecular Hbond substituents is 1. The highest BCUT2D eigenvalue weighted by atomic mass is 32.2. The standard InChI is InChI=1S/C17H26N2O3S/c20-16-9-7-14(8-10-16)12-19-11-3-6-17(13-19)23(21,22)18-15-4-1-2-5-15/h7-10,15,17-18,20H,1-6,11-13H2/t17-/m1/s1. The van der Waals surface area contributed by atoms with Gasteiger partial charge in [0.05, 0.1) is 5.25 Å². The SMILES string of the molecule is O=S(=O)(NC1CCCC1)[C@@H]1CCCN(Cc2ccc(O)cc2)C1. The summed E-state index contributed by atoms with van der Waals surface area (Å²) in [5.41, 5.74) is 1.10. The molecule has 0 bridgehead atoms. The second kappa shape index (κ2) is 7.20. The number of aromatic hydroxyl groups is 1. The smallest absolute Gasteiger partial charge is 0.215 e. The van der Waals surface area contributed by atoms with Crippen molar-refractivity contribution in [2.75, 3.05) is 13.1 Å².